The van der Waals surface area contributed by atoms with E-state index in [0.29, 0.717) is 5.92 Å². The van der Waals surface area contributed by atoms with E-state index in [-0.39, 0.29) is 5.60 Å². The van der Waals surface area contributed by atoms with E-state index in [2.05, 4.69) is 13.8 Å². The highest BCUT2D eigenvalue weighted by Gasteiger charge is 2.34. The minimum Gasteiger partial charge on any atom is -0.390 e. The fourth-order valence-corrected chi connectivity index (χ4v) is 2.74. The lowest BCUT2D eigenvalue weighted by atomic mass is 9.73. The molecule has 1 nitrogen and oxygen atoms in total. The van der Waals surface area contributed by atoms with Crippen molar-refractivity contribution >= 4 is 0 Å². The van der Waals surface area contributed by atoms with Crippen LogP contribution in [0.15, 0.2) is 0 Å². The molecule has 0 amide bonds. The van der Waals surface area contributed by atoms with Crippen LogP contribution >= 0.6 is 0 Å². The second kappa shape index (κ2) is 4.99. The molecule has 1 aliphatic carbocycles. The molecule has 0 heterocycles. The highest BCUT2D eigenvalue weighted by molar-refractivity contribution is 4.86. The first-order valence-electron chi connectivity index (χ1n) is 5.95. The quantitative estimate of drug-likeness (QED) is 0.709. The molecule has 0 bridgehead atoms. The second-order valence-corrected chi connectivity index (χ2v) is 4.54. The highest BCUT2D eigenvalue weighted by atomic mass is 16.3. The Hall–Kier alpha value is -0.0400. The van der Waals surface area contributed by atoms with Gasteiger partial charge in [0.25, 0.3) is 0 Å². The number of hydrogen-bond donors (Lipinski definition) is 1. The molecule has 1 heteroatoms. The lowest BCUT2D eigenvalue weighted by Crippen LogP contribution is -2.38. The molecular weight excluding hydrogens is 160 g/mol. The first-order valence-corrected chi connectivity index (χ1v) is 5.95. The largest absolute Gasteiger partial charge is 0.390 e. The lowest BCUT2D eigenvalue weighted by molar-refractivity contribution is -0.0437. The molecule has 0 radical (unpaired) electrons. The number of aliphatic hydroxyl groups is 1. The molecule has 1 saturated carbocycles. The summed E-state index contributed by atoms with van der Waals surface area (Å²) in [6, 6.07) is 0. The molecule has 0 spiro atoms. The Morgan fingerprint density at radius 3 is 2.23 bits per heavy atom. The zero-order valence-electron chi connectivity index (χ0n) is 9.18. The van der Waals surface area contributed by atoms with E-state index in [4.69, 9.17) is 0 Å². The van der Waals surface area contributed by atoms with E-state index in [1.54, 1.807) is 0 Å². The Bertz CT molecular complexity index is 138. The van der Waals surface area contributed by atoms with Crippen LogP contribution in [0.5, 0.6) is 0 Å². The van der Waals surface area contributed by atoms with Gasteiger partial charge < -0.3 is 5.11 Å². The molecular formula is C12H24O. The summed E-state index contributed by atoms with van der Waals surface area (Å²) in [6.07, 6.45) is 9.59. The maximum absolute atomic E-state index is 10.4. The van der Waals surface area contributed by atoms with Gasteiger partial charge in [-0.2, -0.15) is 0 Å². The van der Waals surface area contributed by atoms with Crippen LogP contribution in [0.4, 0.5) is 0 Å². The van der Waals surface area contributed by atoms with Crippen LogP contribution in [0.3, 0.4) is 0 Å². The molecule has 0 aromatic heterocycles. The molecule has 13 heavy (non-hydrogen) atoms. The normalized spacial score (nSPS) is 24.2. The van der Waals surface area contributed by atoms with Crippen LogP contribution in [0, 0.1) is 5.92 Å². The first-order chi connectivity index (χ1) is 6.23. The molecule has 0 saturated heterocycles. The van der Waals surface area contributed by atoms with Crippen LogP contribution in [-0.2, 0) is 0 Å². The molecule has 1 fully saturated rings. The van der Waals surface area contributed by atoms with Gasteiger partial charge in [-0.3, -0.25) is 0 Å². The summed E-state index contributed by atoms with van der Waals surface area (Å²) < 4.78 is 0. The van der Waals surface area contributed by atoms with Crippen molar-refractivity contribution in [3.05, 3.63) is 0 Å². The molecule has 1 aliphatic rings. The standard InChI is InChI=1S/C12H24O/c1-3-10-12(13,4-2)11-8-6-5-7-9-11/h11,13H,3-10H2,1-2H3. The summed E-state index contributed by atoms with van der Waals surface area (Å²) in [5.41, 5.74) is -0.338. The third-order valence-electron chi connectivity index (χ3n) is 3.66. The summed E-state index contributed by atoms with van der Waals surface area (Å²) in [5.74, 6) is 0.589. The third kappa shape index (κ3) is 2.70. The van der Waals surface area contributed by atoms with Gasteiger partial charge in [-0.1, -0.05) is 39.5 Å². The van der Waals surface area contributed by atoms with Gasteiger partial charge in [0, 0.05) is 0 Å². The molecule has 1 atom stereocenters. The average Bonchev–Trinajstić information content (AvgIpc) is 2.19. The van der Waals surface area contributed by atoms with Crippen LogP contribution in [0.1, 0.15) is 65.2 Å². The van der Waals surface area contributed by atoms with Gasteiger partial charge in [-0.05, 0) is 31.6 Å². The minimum absolute atomic E-state index is 0.338. The Morgan fingerprint density at radius 2 is 1.77 bits per heavy atom. The third-order valence-corrected chi connectivity index (χ3v) is 3.66. The topological polar surface area (TPSA) is 20.2 Å². The van der Waals surface area contributed by atoms with E-state index in [9.17, 15) is 5.11 Å². The van der Waals surface area contributed by atoms with Crippen molar-refractivity contribution in [1.29, 1.82) is 0 Å². The smallest absolute Gasteiger partial charge is 0.0673 e. The van der Waals surface area contributed by atoms with Crippen LogP contribution in [0.25, 0.3) is 0 Å². The zero-order chi connectivity index (χ0) is 9.73. The second-order valence-electron chi connectivity index (χ2n) is 4.54. The van der Waals surface area contributed by atoms with Gasteiger partial charge in [0.15, 0.2) is 0 Å². The van der Waals surface area contributed by atoms with Crippen molar-refractivity contribution in [2.75, 3.05) is 0 Å². The Labute approximate surface area is 82.5 Å². The van der Waals surface area contributed by atoms with Gasteiger partial charge in [0.2, 0.25) is 0 Å². The van der Waals surface area contributed by atoms with Gasteiger partial charge in [-0.25, -0.2) is 0 Å². The van der Waals surface area contributed by atoms with Crippen LogP contribution in [0.2, 0.25) is 0 Å². The molecule has 1 unspecified atom stereocenters. The van der Waals surface area contributed by atoms with E-state index < -0.39 is 0 Å². The Morgan fingerprint density at radius 1 is 1.15 bits per heavy atom. The number of hydrogen-bond acceptors (Lipinski definition) is 1. The molecule has 1 N–H and O–H groups in total. The van der Waals surface area contributed by atoms with E-state index >= 15 is 0 Å². The van der Waals surface area contributed by atoms with Gasteiger partial charge in [0.05, 0.1) is 5.60 Å². The molecule has 0 aromatic rings. The summed E-state index contributed by atoms with van der Waals surface area (Å²) in [5, 5.41) is 10.4. The van der Waals surface area contributed by atoms with Crippen molar-refractivity contribution in [2.24, 2.45) is 5.92 Å². The van der Waals surface area contributed by atoms with E-state index in [1.165, 1.54) is 32.1 Å². The molecule has 0 aliphatic heterocycles. The average molecular weight is 184 g/mol. The first kappa shape index (κ1) is 11.0. The summed E-state index contributed by atoms with van der Waals surface area (Å²) in [4.78, 5) is 0. The van der Waals surface area contributed by atoms with E-state index in [0.717, 1.165) is 19.3 Å². The Kier molecular flexibility index (Phi) is 4.24. The SMILES string of the molecule is CCCC(O)(CC)C1CCCCC1. The van der Waals surface area contributed by atoms with E-state index in [1.807, 2.05) is 0 Å². The van der Waals surface area contributed by atoms with Gasteiger partial charge in [0.1, 0.15) is 0 Å². The zero-order valence-corrected chi connectivity index (χ0v) is 9.18. The maximum Gasteiger partial charge on any atom is 0.0673 e. The fraction of sp³-hybridized carbons (Fsp3) is 1.00. The monoisotopic (exact) mass is 184 g/mol. The van der Waals surface area contributed by atoms with Crippen LogP contribution < -0.4 is 0 Å². The minimum atomic E-state index is -0.338. The van der Waals surface area contributed by atoms with Gasteiger partial charge in [-0.15, -0.1) is 0 Å². The fourth-order valence-electron chi connectivity index (χ4n) is 2.74. The van der Waals surface area contributed by atoms with Gasteiger partial charge >= 0.3 is 0 Å². The summed E-state index contributed by atoms with van der Waals surface area (Å²) >= 11 is 0. The van der Waals surface area contributed by atoms with Crippen molar-refractivity contribution in [1.82, 2.24) is 0 Å². The summed E-state index contributed by atoms with van der Waals surface area (Å²) in [7, 11) is 0. The van der Waals surface area contributed by atoms with Crippen LogP contribution in [-0.4, -0.2) is 10.7 Å². The Balaban J connectivity index is 2.51. The van der Waals surface area contributed by atoms with Crippen molar-refractivity contribution < 1.29 is 5.11 Å². The summed E-state index contributed by atoms with van der Waals surface area (Å²) in [6.45, 7) is 4.30. The lowest BCUT2D eigenvalue weighted by Gasteiger charge is -2.38. The number of rotatable bonds is 4. The van der Waals surface area contributed by atoms with Crippen molar-refractivity contribution in [2.45, 2.75) is 70.8 Å². The molecule has 1 rings (SSSR count). The predicted molar refractivity (Wildman–Crippen MR) is 56.7 cm³/mol. The van der Waals surface area contributed by atoms with Crippen molar-refractivity contribution in [3.8, 4) is 0 Å². The highest BCUT2D eigenvalue weighted by Crippen LogP contribution is 2.37. The predicted octanol–water partition coefficient (Wildman–Crippen LogP) is 3.51. The maximum atomic E-state index is 10.4. The molecule has 78 valence electrons. The van der Waals surface area contributed by atoms with Crippen molar-refractivity contribution in [3.63, 3.8) is 0 Å². The molecule has 0 aromatic carbocycles.